The van der Waals surface area contributed by atoms with Crippen LogP contribution in [0, 0.1) is 0 Å². The van der Waals surface area contributed by atoms with Crippen LogP contribution in [0.5, 0.6) is 23.0 Å². The molecule has 2 heterocycles. The van der Waals surface area contributed by atoms with Gasteiger partial charge < -0.3 is 24.3 Å². The Morgan fingerprint density at radius 1 is 1.04 bits per heavy atom. The highest BCUT2D eigenvalue weighted by atomic mass is 16.7. The lowest BCUT2D eigenvalue weighted by molar-refractivity contribution is -0.133. The Morgan fingerprint density at radius 3 is 2.62 bits per heavy atom. The van der Waals surface area contributed by atoms with E-state index in [1.54, 1.807) is 6.07 Å². The first kappa shape index (κ1) is 14.7. The third-order valence-electron chi connectivity index (χ3n) is 4.00. The second kappa shape index (κ2) is 5.96. The summed E-state index contributed by atoms with van der Waals surface area (Å²) < 4.78 is 22.2. The van der Waals surface area contributed by atoms with Gasteiger partial charge in [-0.25, -0.2) is 0 Å². The number of hydrogen-bond donors (Lipinski definition) is 1. The van der Waals surface area contributed by atoms with E-state index in [0.717, 1.165) is 11.3 Å². The van der Waals surface area contributed by atoms with Crippen molar-refractivity contribution >= 4 is 5.91 Å². The fourth-order valence-corrected chi connectivity index (χ4v) is 2.75. The van der Waals surface area contributed by atoms with Crippen molar-refractivity contribution in [2.45, 2.75) is 25.7 Å². The highest BCUT2D eigenvalue weighted by Crippen LogP contribution is 2.34. The second-order valence-corrected chi connectivity index (χ2v) is 5.71. The summed E-state index contributed by atoms with van der Waals surface area (Å²) in [5.74, 6) is 2.44. The Bertz CT molecular complexity index is 776. The zero-order valence-electron chi connectivity index (χ0n) is 13.2. The molecule has 0 unspecified atom stereocenters. The largest absolute Gasteiger partial charge is 0.482 e. The minimum atomic E-state index is -0.686. The predicted molar refractivity (Wildman–Crippen MR) is 85.4 cm³/mol. The second-order valence-electron chi connectivity index (χ2n) is 5.71. The maximum Gasteiger partial charge on any atom is 0.265 e. The summed E-state index contributed by atoms with van der Waals surface area (Å²) in [5.41, 5.74) is 0.928. The van der Waals surface area contributed by atoms with Gasteiger partial charge in [-0.1, -0.05) is 18.2 Å². The number of nitrogens with one attached hydrogen (secondary N) is 1. The third kappa shape index (κ3) is 2.71. The summed E-state index contributed by atoms with van der Waals surface area (Å²) in [6.45, 7) is 2.43. The third-order valence-corrected chi connectivity index (χ3v) is 4.00. The van der Waals surface area contributed by atoms with Crippen molar-refractivity contribution in [3.63, 3.8) is 0 Å². The van der Waals surface area contributed by atoms with Crippen LogP contribution in [-0.2, 0) is 11.3 Å². The molecule has 6 heteroatoms. The molecule has 0 aliphatic carbocycles. The van der Waals surface area contributed by atoms with Gasteiger partial charge in [-0.05, 0) is 36.8 Å². The Balaban J connectivity index is 1.41. The maximum atomic E-state index is 12.5. The minimum absolute atomic E-state index is 0.213. The zero-order valence-corrected chi connectivity index (χ0v) is 13.2. The van der Waals surface area contributed by atoms with Crippen molar-refractivity contribution in [2.75, 3.05) is 6.79 Å². The Labute approximate surface area is 139 Å². The molecule has 4 rings (SSSR count). The summed E-state index contributed by atoms with van der Waals surface area (Å²) in [4.78, 5) is 12.5. The SMILES string of the molecule is C[C@H]1Oc2ccccc2O[C@@H]1C(=O)NCc1ccc2c(c1)OCO2. The lowest BCUT2D eigenvalue weighted by atomic mass is 10.1. The number of fused-ring (bicyclic) bond motifs is 2. The van der Waals surface area contributed by atoms with Crippen LogP contribution >= 0.6 is 0 Å². The predicted octanol–water partition coefficient (Wildman–Crippen LogP) is 2.26. The van der Waals surface area contributed by atoms with Gasteiger partial charge in [0.15, 0.2) is 23.0 Å². The Kier molecular flexibility index (Phi) is 3.65. The summed E-state index contributed by atoms with van der Waals surface area (Å²) in [6, 6.07) is 12.9. The van der Waals surface area contributed by atoms with E-state index in [0.29, 0.717) is 23.8 Å². The molecule has 6 nitrogen and oxygen atoms in total. The van der Waals surface area contributed by atoms with E-state index in [1.807, 2.05) is 43.3 Å². The van der Waals surface area contributed by atoms with Crippen LogP contribution in [0.1, 0.15) is 12.5 Å². The number of amides is 1. The van der Waals surface area contributed by atoms with E-state index in [9.17, 15) is 4.79 Å². The number of carbonyl (C=O) groups is 1. The number of benzene rings is 2. The van der Waals surface area contributed by atoms with E-state index in [-0.39, 0.29) is 18.8 Å². The van der Waals surface area contributed by atoms with Gasteiger partial charge in [0.1, 0.15) is 6.10 Å². The average Bonchev–Trinajstić information content (AvgIpc) is 3.06. The molecule has 0 radical (unpaired) electrons. The first-order valence-corrected chi connectivity index (χ1v) is 7.79. The van der Waals surface area contributed by atoms with Crippen molar-refractivity contribution in [1.82, 2.24) is 5.32 Å². The smallest absolute Gasteiger partial charge is 0.265 e. The van der Waals surface area contributed by atoms with Crippen molar-refractivity contribution in [3.8, 4) is 23.0 Å². The summed E-state index contributed by atoms with van der Waals surface area (Å²) in [6.07, 6.45) is -1.05. The van der Waals surface area contributed by atoms with Crippen molar-refractivity contribution < 1.29 is 23.7 Å². The van der Waals surface area contributed by atoms with Crippen molar-refractivity contribution in [2.24, 2.45) is 0 Å². The first-order chi connectivity index (χ1) is 11.7. The molecule has 1 amide bonds. The molecule has 124 valence electrons. The van der Waals surface area contributed by atoms with Crippen LogP contribution in [0.15, 0.2) is 42.5 Å². The van der Waals surface area contributed by atoms with Gasteiger partial charge in [0.05, 0.1) is 0 Å². The molecule has 24 heavy (non-hydrogen) atoms. The molecule has 1 N–H and O–H groups in total. The molecular weight excluding hydrogens is 310 g/mol. The summed E-state index contributed by atoms with van der Waals surface area (Å²) in [5, 5.41) is 2.88. The molecule has 2 aliphatic heterocycles. The van der Waals surface area contributed by atoms with Crippen LogP contribution in [-0.4, -0.2) is 24.9 Å². The van der Waals surface area contributed by atoms with E-state index in [2.05, 4.69) is 5.32 Å². The quantitative estimate of drug-likeness (QED) is 0.937. The lowest BCUT2D eigenvalue weighted by Gasteiger charge is -2.31. The molecule has 0 fully saturated rings. The normalized spacial score (nSPS) is 20.5. The zero-order chi connectivity index (χ0) is 16.5. The van der Waals surface area contributed by atoms with Crippen molar-refractivity contribution in [1.29, 1.82) is 0 Å². The molecule has 2 aliphatic rings. The average molecular weight is 327 g/mol. The van der Waals surface area contributed by atoms with Gasteiger partial charge in [-0.15, -0.1) is 0 Å². The molecule has 2 aromatic rings. The number of para-hydroxylation sites is 2. The van der Waals surface area contributed by atoms with Crippen LogP contribution in [0.2, 0.25) is 0 Å². The van der Waals surface area contributed by atoms with Gasteiger partial charge in [0.2, 0.25) is 12.9 Å². The number of ether oxygens (including phenoxy) is 4. The molecule has 2 aromatic carbocycles. The van der Waals surface area contributed by atoms with Gasteiger partial charge in [-0.3, -0.25) is 4.79 Å². The topological polar surface area (TPSA) is 66.0 Å². The highest BCUT2D eigenvalue weighted by molar-refractivity contribution is 5.82. The number of rotatable bonds is 3. The Morgan fingerprint density at radius 2 is 1.79 bits per heavy atom. The molecule has 0 spiro atoms. The molecule has 0 saturated heterocycles. The van der Waals surface area contributed by atoms with Crippen molar-refractivity contribution in [3.05, 3.63) is 48.0 Å². The maximum absolute atomic E-state index is 12.5. The van der Waals surface area contributed by atoms with E-state index >= 15 is 0 Å². The van der Waals surface area contributed by atoms with E-state index < -0.39 is 6.10 Å². The van der Waals surface area contributed by atoms with Crippen LogP contribution < -0.4 is 24.3 Å². The lowest BCUT2D eigenvalue weighted by Crippen LogP contribution is -2.48. The van der Waals surface area contributed by atoms with Crippen LogP contribution in [0.4, 0.5) is 0 Å². The fraction of sp³-hybridized carbons (Fsp3) is 0.278. The molecule has 0 saturated carbocycles. The number of carbonyl (C=O) groups excluding carboxylic acids is 1. The number of hydrogen-bond acceptors (Lipinski definition) is 5. The summed E-state index contributed by atoms with van der Waals surface area (Å²) in [7, 11) is 0. The van der Waals surface area contributed by atoms with Gasteiger partial charge >= 0.3 is 0 Å². The highest BCUT2D eigenvalue weighted by Gasteiger charge is 2.33. The minimum Gasteiger partial charge on any atom is -0.482 e. The van der Waals surface area contributed by atoms with Gasteiger partial charge in [-0.2, -0.15) is 0 Å². The first-order valence-electron chi connectivity index (χ1n) is 7.79. The molecular formula is C18H17NO5. The Hall–Kier alpha value is -2.89. The van der Waals surface area contributed by atoms with Crippen LogP contribution in [0.3, 0.4) is 0 Å². The molecule has 0 bridgehead atoms. The van der Waals surface area contributed by atoms with E-state index in [1.165, 1.54) is 0 Å². The molecule has 0 aromatic heterocycles. The van der Waals surface area contributed by atoms with Crippen LogP contribution in [0.25, 0.3) is 0 Å². The monoisotopic (exact) mass is 327 g/mol. The van der Waals surface area contributed by atoms with E-state index in [4.69, 9.17) is 18.9 Å². The van der Waals surface area contributed by atoms with Gasteiger partial charge in [0, 0.05) is 6.54 Å². The standard InChI is InChI=1S/C18H17NO5/c1-11-17(24-15-5-3-2-4-14(15)23-11)18(20)19-9-12-6-7-13-16(8-12)22-10-21-13/h2-8,11,17H,9-10H2,1H3,(H,19,20)/t11-,17+/m1/s1. The van der Waals surface area contributed by atoms with Gasteiger partial charge in [0.25, 0.3) is 5.91 Å². The molecule has 2 atom stereocenters. The summed E-state index contributed by atoms with van der Waals surface area (Å²) >= 11 is 0. The fourth-order valence-electron chi connectivity index (χ4n) is 2.75.